The molecule has 0 fully saturated rings. The van der Waals surface area contributed by atoms with Gasteiger partial charge in [-0.25, -0.2) is 4.39 Å². The molecule has 0 saturated carbocycles. The van der Waals surface area contributed by atoms with Crippen molar-refractivity contribution in [3.8, 4) is 0 Å². The second-order valence-corrected chi connectivity index (χ2v) is 4.26. The van der Waals surface area contributed by atoms with Crippen molar-refractivity contribution >= 4 is 11.6 Å². The number of nitrogens with one attached hydrogen (secondary N) is 2. The van der Waals surface area contributed by atoms with Gasteiger partial charge in [-0.3, -0.25) is 15.6 Å². The number of hydrogen-bond donors (Lipinski definition) is 3. The third kappa shape index (κ3) is 2.92. The van der Waals surface area contributed by atoms with Crippen molar-refractivity contribution in [1.82, 2.24) is 10.3 Å². The van der Waals surface area contributed by atoms with E-state index in [1.165, 1.54) is 18.2 Å². The molecule has 6 heteroatoms. The molecule has 0 aliphatic rings. The summed E-state index contributed by atoms with van der Waals surface area (Å²) in [5.41, 5.74) is 4.07. The van der Waals surface area contributed by atoms with E-state index in [0.717, 1.165) is 11.3 Å². The number of benzene rings is 1. The quantitative estimate of drug-likeness (QED) is 0.586. The zero-order valence-electron chi connectivity index (χ0n) is 11.0. The highest BCUT2D eigenvalue weighted by Gasteiger charge is 2.14. The molecule has 104 valence electrons. The van der Waals surface area contributed by atoms with Gasteiger partial charge in [0.2, 0.25) is 0 Å². The zero-order chi connectivity index (χ0) is 14.5. The number of anilines is 1. The SMILES string of the molecule is Cc1cccnc1CNC(=O)c1cccc(F)c1NN. The molecular weight excluding hydrogens is 259 g/mol. The number of nitrogen functional groups attached to an aromatic ring is 1. The first-order valence-corrected chi connectivity index (χ1v) is 6.07. The Morgan fingerprint density at radius 3 is 2.85 bits per heavy atom. The number of amides is 1. The second-order valence-electron chi connectivity index (χ2n) is 4.26. The third-order valence-electron chi connectivity index (χ3n) is 2.94. The molecule has 1 heterocycles. The van der Waals surface area contributed by atoms with Gasteiger partial charge < -0.3 is 10.7 Å². The van der Waals surface area contributed by atoms with Gasteiger partial charge in [-0.1, -0.05) is 12.1 Å². The molecule has 0 saturated heterocycles. The maximum absolute atomic E-state index is 13.5. The van der Waals surface area contributed by atoms with Crippen LogP contribution in [-0.2, 0) is 6.54 Å². The number of rotatable bonds is 4. The summed E-state index contributed by atoms with van der Waals surface area (Å²) in [7, 11) is 0. The van der Waals surface area contributed by atoms with Crippen molar-refractivity contribution in [3.05, 3.63) is 59.2 Å². The summed E-state index contributed by atoms with van der Waals surface area (Å²) in [5.74, 6) is 4.25. The van der Waals surface area contributed by atoms with Crippen molar-refractivity contribution in [2.45, 2.75) is 13.5 Å². The first-order valence-electron chi connectivity index (χ1n) is 6.07. The summed E-state index contributed by atoms with van der Waals surface area (Å²) in [6.07, 6.45) is 1.66. The van der Waals surface area contributed by atoms with Crippen LogP contribution in [0.25, 0.3) is 0 Å². The topological polar surface area (TPSA) is 80.0 Å². The lowest BCUT2D eigenvalue weighted by Gasteiger charge is -2.11. The van der Waals surface area contributed by atoms with Gasteiger partial charge in [-0.05, 0) is 30.7 Å². The second kappa shape index (κ2) is 6.12. The summed E-state index contributed by atoms with van der Waals surface area (Å²) < 4.78 is 13.5. The molecule has 0 aliphatic heterocycles. The van der Waals surface area contributed by atoms with Gasteiger partial charge >= 0.3 is 0 Å². The maximum atomic E-state index is 13.5. The predicted molar refractivity (Wildman–Crippen MR) is 74.4 cm³/mol. The van der Waals surface area contributed by atoms with Crippen LogP contribution in [-0.4, -0.2) is 10.9 Å². The lowest BCUT2D eigenvalue weighted by molar-refractivity contribution is 0.0951. The molecule has 1 aromatic heterocycles. The highest BCUT2D eigenvalue weighted by molar-refractivity contribution is 5.99. The van der Waals surface area contributed by atoms with Gasteiger partial charge in [-0.2, -0.15) is 0 Å². The third-order valence-corrected chi connectivity index (χ3v) is 2.94. The minimum absolute atomic E-state index is 0.0252. The molecule has 4 N–H and O–H groups in total. The number of hydrogen-bond acceptors (Lipinski definition) is 4. The number of aromatic nitrogens is 1. The smallest absolute Gasteiger partial charge is 0.253 e. The fourth-order valence-electron chi connectivity index (χ4n) is 1.82. The molecule has 2 aromatic rings. The van der Waals surface area contributed by atoms with Crippen molar-refractivity contribution in [2.75, 3.05) is 5.43 Å². The molecule has 0 aliphatic carbocycles. The lowest BCUT2D eigenvalue weighted by atomic mass is 10.1. The number of carbonyl (C=O) groups is 1. The van der Waals surface area contributed by atoms with Crippen molar-refractivity contribution in [1.29, 1.82) is 0 Å². The molecular formula is C14H15FN4O. The average molecular weight is 274 g/mol. The van der Waals surface area contributed by atoms with Crippen LogP contribution in [0.1, 0.15) is 21.6 Å². The molecule has 20 heavy (non-hydrogen) atoms. The number of aryl methyl sites for hydroxylation is 1. The first-order chi connectivity index (χ1) is 9.63. The highest BCUT2D eigenvalue weighted by Crippen LogP contribution is 2.18. The highest BCUT2D eigenvalue weighted by atomic mass is 19.1. The van der Waals surface area contributed by atoms with Gasteiger partial charge in [0.1, 0.15) is 5.82 Å². The molecule has 0 unspecified atom stereocenters. The summed E-state index contributed by atoms with van der Waals surface area (Å²) in [5, 5.41) is 2.69. The Labute approximate surface area is 116 Å². The van der Waals surface area contributed by atoms with E-state index < -0.39 is 11.7 Å². The van der Waals surface area contributed by atoms with Gasteiger partial charge in [0.05, 0.1) is 23.5 Å². The largest absolute Gasteiger partial charge is 0.346 e. The molecule has 0 spiro atoms. The normalized spacial score (nSPS) is 10.2. The van der Waals surface area contributed by atoms with Crippen LogP contribution in [0.3, 0.4) is 0 Å². The minimum Gasteiger partial charge on any atom is -0.346 e. The van der Waals surface area contributed by atoms with Crippen LogP contribution >= 0.6 is 0 Å². The standard InChI is InChI=1S/C14H15FN4O/c1-9-4-3-7-17-12(9)8-18-14(20)10-5-2-6-11(15)13(10)19-16/h2-7,19H,8,16H2,1H3,(H,18,20). The van der Waals surface area contributed by atoms with E-state index in [4.69, 9.17) is 5.84 Å². The fraction of sp³-hybridized carbons (Fsp3) is 0.143. The Morgan fingerprint density at radius 1 is 1.35 bits per heavy atom. The van der Waals surface area contributed by atoms with Crippen LogP contribution in [0, 0.1) is 12.7 Å². The summed E-state index contributed by atoms with van der Waals surface area (Å²) in [4.78, 5) is 16.2. The van der Waals surface area contributed by atoms with E-state index in [1.807, 2.05) is 19.1 Å². The maximum Gasteiger partial charge on any atom is 0.253 e. The molecule has 0 atom stereocenters. The Hall–Kier alpha value is -2.47. The molecule has 0 radical (unpaired) electrons. The molecule has 1 aromatic carbocycles. The van der Waals surface area contributed by atoms with E-state index in [2.05, 4.69) is 15.7 Å². The number of carbonyl (C=O) groups excluding carboxylic acids is 1. The van der Waals surface area contributed by atoms with Crippen LogP contribution in [0.4, 0.5) is 10.1 Å². The lowest BCUT2D eigenvalue weighted by Crippen LogP contribution is -2.26. The van der Waals surface area contributed by atoms with E-state index in [1.54, 1.807) is 6.20 Å². The number of para-hydroxylation sites is 1. The molecule has 2 rings (SSSR count). The minimum atomic E-state index is -0.575. The molecule has 1 amide bonds. The van der Waals surface area contributed by atoms with Crippen molar-refractivity contribution in [3.63, 3.8) is 0 Å². The number of nitrogens with two attached hydrogens (primary N) is 1. The van der Waals surface area contributed by atoms with Crippen LogP contribution in [0.2, 0.25) is 0 Å². The predicted octanol–water partition coefficient (Wildman–Crippen LogP) is 1.74. The van der Waals surface area contributed by atoms with E-state index >= 15 is 0 Å². The first kappa shape index (κ1) is 14.0. The van der Waals surface area contributed by atoms with Crippen LogP contribution in [0.15, 0.2) is 36.5 Å². The zero-order valence-corrected chi connectivity index (χ0v) is 11.0. The number of pyridine rings is 1. The monoisotopic (exact) mass is 274 g/mol. The van der Waals surface area contributed by atoms with Gasteiger partial charge in [0.25, 0.3) is 5.91 Å². The van der Waals surface area contributed by atoms with Gasteiger partial charge in [0.15, 0.2) is 0 Å². The number of nitrogens with zero attached hydrogens (tertiary/aromatic N) is 1. The Balaban J connectivity index is 2.14. The van der Waals surface area contributed by atoms with Crippen LogP contribution < -0.4 is 16.6 Å². The summed E-state index contributed by atoms with van der Waals surface area (Å²) in [6, 6.07) is 7.91. The van der Waals surface area contributed by atoms with Crippen molar-refractivity contribution < 1.29 is 9.18 Å². The number of halogens is 1. The Kier molecular flexibility index (Phi) is 4.27. The van der Waals surface area contributed by atoms with E-state index in [0.29, 0.717) is 0 Å². The van der Waals surface area contributed by atoms with E-state index in [-0.39, 0.29) is 17.8 Å². The Bertz CT molecular complexity index is 630. The molecule has 5 nitrogen and oxygen atoms in total. The van der Waals surface area contributed by atoms with E-state index in [9.17, 15) is 9.18 Å². The van der Waals surface area contributed by atoms with Gasteiger partial charge in [-0.15, -0.1) is 0 Å². The van der Waals surface area contributed by atoms with Crippen molar-refractivity contribution in [2.24, 2.45) is 5.84 Å². The fourth-order valence-corrected chi connectivity index (χ4v) is 1.82. The Morgan fingerprint density at radius 2 is 2.15 bits per heavy atom. The van der Waals surface area contributed by atoms with Crippen LogP contribution in [0.5, 0.6) is 0 Å². The average Bonchev–Trinajstić information content (AvgIpc) is 2.46. The molecule has 0 bridgehead atoms. The number of hydrazine groups is 1. The summed E-state index contributed by atoms with van der Waals surface area (Å²) in [6.45, 7) is 2.18. The summed E-state index contributed by atoms with van der Waals surface area (Å²) >= 11 is 0. The van der Waals surface area contributed by atoms with Gasteiger partial charge in [0, 0.05) is 6.20 Å².